The van der Waals surface area contributed by atoms with Crippen molar-refractivity contribution in [2.24, 2.45) is 5.92 Å². The lowest BCUT2D eigenvalue weighted by Gasteiger charge is -2.12. The van der Waals surface area contributed by atoms with Gasteiger partial charge in [-0.25, -0.2) is 4.79 Å². The van der Waals surface area contributed by atoms with E-state index in [1.807, 2.05) is 24.3 Å². The van der Waals surface area contributed by atoms with Crippen LogP contribution in [0.2, 0.25) is 0 Å². The summed E-state index contributed by atoms with van der Waals surface area (Å²) in [5, 5.41) is 11.2. The summed E-state index contributed by atoms with van der Waals surface area (Å²) in [5.41, 5.74) is 1.86. The van der Waals surface area contributed by atoms with E-state index in [4.69, 9.17) is 5.11 Å². The Bertz CT molecular complexity index is 370. The smallest absolute Gasteiger partial charge is 0.409 e. The van der Waals surface area contributed by atoms with Crippen LogP contribution < -0.4 is 5.32 Å². The molecule has 0 aromatic heterocycles. The van der Waals surface area contributed by atoms with Crippen LogP contribution in [0.4, 0.5) is 10.5 Å². The molecule has 0 spiro atoms. The lowest BCUT2D eigenvalue weighted by molar-refractivity contribution is 0.209. The van der Waals surface area contributed by atoms with Crippen LogP contribution in [-0.4, -0.2) is 11.2 Å². The van der Waals surface area contributed by atoms with Crippen LogP contribution in [0.1, 0.15) is 31.2 Å². The largest absolute Gasteiger partial charge is 0.465 e. The minimum absolute atomic E-state index is 0.733. The number of carbonyl (C=O) groups is 1. The second-order valence-corrected chi connectivity index (χ2v) is 4.44. The molecule has 0 aliphatic heterocycles. The zero-order valence-corrected chi connectivity index (χ0v) is 9.28. The third kappa shape index (κ3) is 2.75. The third-order valence-electron chi connectivity index (χ3n) is 3.24. The van der Waals surface area contributed by atoms with E-state index in [2.05, 4.69) is 5.32 Å². The minimum atomic E-state index is -0.987. The van der Waals surface area contributed by atoms with Gasteiger partial charge in [-0.15, -0.1) is 0 Å². The Hall–Kier alpha value is -1.51. The highest BCUT2D eigenvalue weighted by Crippen LogP contribution is 2.30. The second-order valence-electron chi connectivity index (χ2n) is 4.44. The van der Waals surface area contributed by atoms with Gasteiger partial charge >= 0.3 is 6.09 Å². The topological polar surface area (TPSA) is 49.3 Å². The van der Waals surface area contributed by atoms with Crippen LogP contribution in [0.25, 0.3) is 0 Å². The Balaban J connectivity index is 2.09. The summed E-state index contributed by atoms with van der Waals surface area (Å²) in [4.78, 5) is 10.6. The molecular weight excluding hydrogens is 202 g/mol. The van der Waals surface area contributed by atoms with Gasteiger partial charge in [-0.3, -0.25) is 5.32 Å². The van der Waals surface area contributed by atoms with Crippen molar-refractivity contribution in [3.8, 4) is 0 Å². The number of nitrogens with one attached hydrogen (secondary N) is 1. The summed E-state index contributed by atoms with van der Waals surface area (Å²) in [6.07, 6.45) is 5.20. The predicted octanol–water partition coefficient (Wildman–Crippen LogP) is 3.51. The molecule has 1 aromatic carbocycles. The molecule has 0 atom stereocenters. The second kappa shape index (κ2) is 5.01. The molecular formula is C13H17NO2. The number of benzene rings is 1. The van der Waals surface area contributed by atoms with Gasteiger partial charge in [0.15, 0.2) is 0 Å². The van der Waals surface area contributed by atoms with E-state index in [0.29, 0.717) is 0 Å². The number of hydrogen-bond acceptors (Lipinski definition) is 1. The Morgan fingerprint density at radius 2 is 2.00 bits per heavy atom. The summed E-state index contributed by atoms with van der Waals surface area (Å²) in [6.45, 7) is 0. The van der Waals surface area contributed by atoms with Gasteiger partial charge < -0.3 is 5.11 Å². The number of anilines is 1. The van der Waals surface area contributed by atoms with Crippen molar-refractivity contribution in [3.63, 3.8) is 0 Å². The van der Waals surface area contributed by atoms with Crippen molar-refractivity contribution in [1.82, 2.24) is 0 Å². The number of carboxylic acid groups (broad SMARTS) is 1. The maximum absolute atomic E-state index is 10.6. The first kappa shape index (κ1) is 11.0. The van der Waals surface area contributed by atoms with Crippen LogP contribution in [0, 0.1) is 5.92 Å². The van der Waals surface area contributed by atoms with Crippen molar-refractivity contribution in [3.05, 3.63) is 29.8 Å². The molecule has 2 rings (SSSR count). The molecule has 1 saturated carbocycles. The maximum atomic E-state index is 10.6. The summed E-state index contributed by atoms with van der Waals surface area (Å²) in [6, 6.07) is 7.68. The first-order valence-electron chi connectivity index (χ1n) is 5.83. The average molecular weight is 219 g/mol. The van der Waals surface area contributed by atoms with Crippen molar-refractivity contribution >= 4 is 11.8 Å². The predicted molar refractivity (Wildman–Crippen MR) is 63.8 cm³/mol. The van der Waals surface area contributed by atoms with Gasteiger partial charge in [0, 0.05) is 5.69 Å². The fraction of sp³-hybridized carbons (Fsp3) is 0.462. The lowest BCUT2D eigenvalue weighted by atomic mass is 9.97. The van der Waals surface area contributed by atoms with E-state index < -0.39 is 6.09 Å². The van der Waals surface area contributed by atoms with Gasteiger partial charge in [0.25, 0.3) is 0 Å². The summed E-state index contributed by atoms with van der Waals surface area (Å²) >= 11 is 0. The third-order valence-corrected chi connectivity index (χ3v) is 3.24. The van der Waals surface area contributed by atoms with E-state index in [1.54, 1.807) is 0 Å². The zero-order chi connectivity index (χ0) is 11.4. The summed E-state index contributed by atoms with van der Waals surface area (Å²) in [5.74, 6) is 0.733. The van der Waals surface area contributed by atoms with Gasteiger partial charge in [0.2, 0.25) is 0 Å². The van der Waals surface area contributed by atoms with E-state index in [9.17, 15) is 4.79 Å². The number of para-hydroxylation sites is 1. The highest BCUT2D eigenvalue weighted by Gasteiger charge is 2.17. The lowest BCUT2D eigenvalue weighted by Crippen LogP contribution is -2.10. The van der Waals surface area contributed by atoms with E-state index in [1.165, 1.54) is 25.7 Å². The molecule has 16 heavy (non-hydrogen) atoms. The molecule has 1 aliphatic rings. The molecule has 1 aliphatic carbocycles. The normalized spacial score (nSPS) is 16.2. The Morgan fingerprint density at radius 1 is 1.31 bits per heavy atom. The fourth-order valence-corrected chi connectivity index (χ4v) is 2.46. The highest BCUT2D eigenvalue weighted by molar-refractivity contribution is 5.83. The van der Waals surface area contributed by atoms with Crippen LogP contribution >= 0.6 is 0 Å². The van der Waals surface area contributed by atoms with Crippen molar-refractivity contribution in [1.29, 1.82) is 0 Å². The fourth-order valence-electron chi connectivity index (χ4n) is 2.46. The van der Waals surface area contributed by atoms with E-state index >= 15 is 0 Å². The summed E-state index contributed by atoms with van der Waals surface area (Å²) in [7, 11) is 0. The van der Waals surface area contributed by atoms with Crippen LogP contribution in [0.15, 0.2) is 24.3 Å². The van der Waals surface area contributed by atoms with E-state index in [0.717, 1.165) is 23.6 Å². The van der Waals surface area contributed by atoms with Gasteiger partial charge in [0.1, 0.15) is 0 Å². The van der Waals surface area contributed by atoms with Crippen LogP contribution in [-0.2, 0) is 6.42 Å². The molecule has 2 N–H and O–H groups in total. The van der Waals surface area contributed by atoms with Gasteiger partial charge in [-0.05, 0) is 24.0 Å². The maximum Gasteiger partial charge on any atom is 0.409 e. The van der Waals surface area contributed by atoms with Crippen LogP contribution in [0.3, 0.4) is 0 Å². The minimum Gasteiger partial charge on any atom is -0.465 e. The van der Waals surface area contributed by atoms with Gasteiger partial charge in [0.05, 0.1) is 0 Å². The monoisotopic (exact) mass is 219 g/mol. The molecule has 86 valence electrons. The molecule has 1 fully saturated rings. The molecule has 1 aromatic rings. The van der Waals surface area contributed by atoms with Gasteiger partial charge in [-0.2, -0.15) is 0 Å². The Morgan fingerprint density at radius 3 is 2.69 bits per heavy atom. The molecule has 3 heteroatoms. The van der Waals surface area contributed by atoms with Crippen molar-refractivity contribution in [2.45, 2.75) is 32.1 Å². The SMILES string of the molecule is O=C(O)Nc1ccccc1CC1CCCC1. The molecule has 0 heterocycles. The number of amides is 1. The number of rotatable bonds is 3. The molecule has 0 saturated heterocycles. The highest BCUT2D eigenvalue weighted by atomic mass is 16.4. The molecule has 3 nitrogen and oxygen atoms in total. The van der Waals surface area contributed by atoms with E-state index in [-0.39, 0.29) is 0 Å². The number of hydrogen-bond donors (Lipinski definition) is 2. The standard InChI is InChI=1S/C13H17NO2/c15-13(16)14-12-8-4-3-7-11(12)9-10-5-1-2-6-10/h3-4,7-8,10,14H,1-2,5-6,9H2,(H,15,16). The van der Waals surface area contributed by atoms with Crippen LogP contribution in [0.5, 0.6) is 0 Å². The zero-order valence-electron chi connectivity index (χ0n) is 9.28. The molecule has 0 bridgehead atoms. The van der Waals surface area contributed by atoms with Crippen molar-refractivity contribution in [2.75, 3.05) is 5.32 Å². The van der Waals surface area contributed by atoms with Gasteiger partial charge in [-0.1, -0.05) is 43.9 Å². The quantitative estimate of drug-likeness (QED) is 0.817. The molecule has 0 unspecified atom stereocenters. The Kier molecular flexibility index (Phi) is 3.44. The summed E-state index contributed by atoms with van der Waals surface area (Å²) < 4.78 is 0. The molecule has 1 amide bonds. The van der Waals surface area contributed by atoms with Crippen molar-refractivity contribution < 1.29 is 9.90 Å². The first-order chi connectivity index (χ1) is 7.75. The first-order valence-corrected chi connectivity index (χ1v) is 5.83. The Labute approximate surface area is 95.5 Å². The molecule has 0 radical (unpaired) electrons. The average Bonchev–Trinajstić information content (AvgIpc) is 2.73.